The molecule has 0 bridgehead atoms. The van der Waals surface area contributed by atoms with E-state index < -0.39 is 0 Å². The van der Waals surface area contributed by atoms with Crippen molar-refractivity contribution in [3.63, 3.8) is 0 Å². The minimum absolute atomic E-state index is 0.0767. The van der Waals surface area contributed by atoms with Gasteiger partial charge in [-0.15, -0.1) is 0 Å². The van der Waals surface area contributed by atoms with Crippen molar-refractivity contribution < 1.29 is 9.59 Å². The molecule has 1 saturated heterocycles. The number of rotatable bonds is 8. The Morgan fingerprint density at radius 2 is 1.44 bits per heavy atom. The van der Waals surface area contributed by atoms with Gasteiger partial charge in [-0.05, 0) is 62.0 Å². The van der Waals surface area contributed by atoms with Gasteiger partial charge < -0.3 is 10.2 Å². The maximum absolute atomic E-state index is 13.2. The lowest BCUT2D eigenvalue weighted by molar-refractivity contribution is -0.142. The molecule has 2 atom stereocenters. The minimum Gasteiger partial charge on any atom is -0.356 e. The summed E-state index contributed by atoms with van der Waals surface area (Å²) in [6, 6.07) is 21.0. The number of nitrogens with zero attached hydrogens (tertiary/aromatic N) is 1. The van der Waals surface area contributed by atoms with Gasteiger partial charge >= 0.3 is 0 Å². The molecule has 2 amide bonds. The summed E-state index contributed by atoms with van der Waals surface area (Å²) in [5.41, 5.74) is 2.68. The maximum atomic E-state index is 13.2. The zero-order valence-corrected chi connectivity index (χ0v) is 19.0. The van der Waals surface area contributed by atoms with E-state index in [0.717, 1.165) is 64.5 Å². The lowest BCUT2D eigenvalue weighted by Gasteiger charge is -2.34. The highest BCUT2D eigenvalue weighted by molar-refractivity contribution is 5.88. The average molecular weight is 433 g/mol. The summed E-state index contributed by atoms with van der Waals surface area (Å²) in [6.07, 6.45) is 7.77. The van der Waals surface area contributed by atoms with Crippen molar-refractivity contribution in [3.8, 4) is 0 Å². The number of nitrogens with one attached hydrogen (secondary N) is 1. The lowest BCUT2D eigenvalue weighted by Crippen LogP contribution is -2.45. The molecular formula is C28H36N2O2. The van der Waals surface area contributed by atoms with Gasteiger partial charge in [-0.2, -0.15) is 0 Å². The fraction of sp³-hybridized carbons (Fsp3) is 0.500. The molecule has 170 valence electrons. The van der Waals surface area contributed by atoms with Gasteiger partial charge in [0.25, 0.3) is 0 Å². The van der Waals surface area contributed by atoms with Crippen LogP contribution in [0.5, 0.6) is 0 Å². The zero-order chi connectivity index (χ0) is 22.2. The van der Waals surface area contributed by atoms with E-state index in [9.17, 15) is 9.59 Å². The van der Waals surface area contributed by atoms with E-state index in [0.29, 0.717) is 12.5 Å². The van der Waals surface area contributed by atoms with Crippen LogP contribution in [-0.4, -0.2) is 36.3 Å². The van der Waals surface area contributed by atoms with Crippen molar-refractivity contribution in [1.29, 1.82) is 0 Å². The first-order chi connectivity index (χ1) is 15.7. The monoisotopic (exact) mass is 432 g/mol. The summed E-state index contributed by atoms with van der Waals surface area (Å²) in [5.74, 6) is 0.655. The zero-order valence-electron chi connectivity index (χ0n) is 19.0. The van der Waals surface area contributed by atoms with Crippen LogP contribution >= 0.6 is 0 Å². The number of benzene rings is 2. The highest BCUT2D eigenvalue weighted by Crippen LogP contribution is 2.34. The first kappa shape index (κ1) is 22.6. The molecule has 1 aliphatic heterocycles. The number of hydrogen-bond acceptors (Lipinski definition) is 2. The SMILES string of the molecule is O=C(NCCCc1ccccc1)[C@@H]1CCC[C@H]1C(=O)N1CCC(Cc2ccccc2)CC1. The summed E-state index contributed by atoms with van der Waals surface area (Å²) < 4.78 is 0. The normalized spacial score (nSPS) is 21.4. The molecule has 2 aromatic carbocycles. The molecule has 1 saturated carbocycles. The molecule has 4 heteroatoms. The van der Waals surface area contributed by atoms with Gasteiger partial charge in [0, 0.05) is 31.5 Å². The van der Waals surface area contributed by atoms with Crippen molar-refractivity contribution in [2.45, 2.75) is 51.4 Å². The topological polar surface area (TPSA) is 49.4 Å². The van der Waals surface area contributed by atoms with Crippen LogP contribution in [0.2, 0.25) is 0 Å². The quantitative estimate of drug-likeness (QED) is 0.618. The molecule has 1 heterocycles. The van der Waals surface area contributed by atoms with Gasteiger partial charge in [-0.1, -0.05) is 67.1 Å². The fourth-order valence-corrected chi connectivity index (χ4v) is 5.39. The number of piperidine rings is 1. The first-order valence-electron chi connectivity index (χ1n) is 12.3. The predicted molar refractivity (Wildman–Crippen MR) is 128 cm³/mol. The third-order valence-electron chi connectivity index (χ3n) is 7.25. The Bertz CT molecular complexity index is 860. The molecule has 0 unspecified atom stereocenters. The molecule has 0 spiro atoms. The highest BCUT2D eigenvalue weighted by Gasteiger charge is 2.40. The van der Waals surface area contributed by atoms with Gasteiger partial charge in [0.1, 0.15) is 0 Å². The van der Waals surface area contributed by atoms with Crippen molar-refractivity contribution in [2.24, 2.45) is 17.8 Å². The Morgan fingerprint density at radius 3 is 2.12 bits per heavy atom. The molecule has 4 nitrogen and oxygen atoms in total. The fourth-order valence-electron chi connectivity index (χ4n) is 5.39. The number of carbonyl (C=O) groups excluding carboxylic acids is 2. The summed E-state index contributed by atoms with van der Waals surface area (Å²) >= 11 is 0. The van der Waals surface area contributed by atoms with Crippen LogP contribution in [0.15, 0.2) is 60.7 Å². The third kappa shape index (κ3) is 5.99. The molecule has 2 aromatic rings. The Labute approximate surface area is 192 Å². The Hall–Kier alpha value is -2.62. The van der Waals surface area contributed by atoms with Crippen LogP contribution in [-0.2, 0) is 22.4 Å². The van der Waals surface area contributed by atoms with Crippen molar-refractivity contribution in [3.05, 3.63) is 71.8 Å². The van der Waals surface area contributed by atoms with E-state index in [2.05, 4.69) is 47.8 Å². The third-order valence-corrected chi connectivity index (χ3v) is 7.25. The Kier molecular flexibility index (Phi) is 7.97. The Morgan fingerprint density at radius 1 is 0.812 bits per heavy atom. The minimum atomic E-state index is -0.152. The van der Waals surface area contributed by atoms with Gasteiger partial charge in [0.15, 0.2) is 0 Å². The van der Waals surface area contributed by atoms with Crippen molar-refractivity contribution >= 4 is 11.8 Å². The van der Waals surface area contributed by atoms with Gasteiger partial charge in [0.2, 0.25) is 11.8 Å². The number of amides is 2. The molecule has 1 N–H and O–H groups in total. The second-order valence-corrected chi connectivity index (χ2v) is 9.48. The maximum Gasteiger partial charge on any atom is 0.226 e. The van der Waals surface area contributed by atoms with Gasteiger partial charge in [0.05, 0.1) is 0 Å². The first-order valence-corrected chi connectivity index (χ1v) is 12.3. The molecule has 32 heavy (non-hydrogen) atoms. The van der Waals surface area contributed by atoms with E-state index in [1.54, 1.807) is 0 Å². The van der Waals surface area contributed by atoms with Crippen LogP contribution in [0, 0.1) is 17.8 Å². The smallest absolute Gasteiger partial charge is 0.226 e. The molecule has 2 fully saturated rings. The van der Waals surface area contributed by atoms with E-state index in [4.69, 9.17) is 0 Å². The molecule has 4 rings (SSSR count). The summed E-state index contributed by atoms with van der Waals surface area (Å²) in [6.45, 7) is 2.34. The van der Waals surface area contributed by atoms with Gasteiger partial charge in [-0.25, -0.2) is 0 Å². The largest absolute Gasteiger partial charge is 0.356 e. The van der Waals surface area contributed by atoms with Crippen LogP contribution in [0.4, 0.5) is 0 Å². The number of carbonyl (C=O) groups is 2. The summed E-state index contributed by atoms with van der Waals surface area (Å²) in [7, 11) is 0. The molecular weight excluding hydrogens is 396 g/mol. The summed E-state index contributed by atoms with van der Waals surface area (Å²) in [4.78, 5) is 28.1. The molecule has 2 aliphatic rings. The van der Waals surface area contributed by atoms with Crippen LogP contribution in [0.3, 0.4) is 0 Å². The molecule has 0 radical (unpaired) electrons. The van der Waals surface area contributed by atoms with E-state index >= 15 is 0 Å². The van der Waals surface area contributed by atoms with Crippen molar-refractivity contribution in [1.82, 2.24) is 10.2 Å². The van der Waals surface area contributed by atoms with E-state index in [1.165, 1.54) is 11.1 Å². The van der Waals surface area contributed by atoms with E-state index in [1.807, 2.05) is 23.1 Å². The van der Waals surface area contributed by atoms with Crippen LogP contribution < -0.4 is 5.32 Å². The summed E-state index contributed by atoms with van der Waals surface area (Å²) in [5, 5.41) is 3.11. The van der Waals surface area contributed by atoms with Crippen molar-refractivity contribution in [2.75, 3.05) is 19.6 Å². The number of hydrogen-bond donors (Lipinski definition) is 1. The molecule has 0 aromatic heterocycles. The van der Waals surface area contributed by atoms with E-state index in [-0.39, 0.29) is 23.7 Å². The van der Waals surface area contributed by atoms with Crippen LogP contribution in [0.25, 0.3) is 0 Å². The predicted octanol–water partition coefficient (Wildman–Crippen LogP) is 4.63. The standard InChI is InChI=1S/C28H36N2O2/c31-27(29-18-8-13-22-9-3-1-4-10-22)25-14-7-15-26(25)28(32)30-19-16-24(17-20-30)21-23-11-5-2-6-12-23/h1-6,9-12,24-26H,7-8,13-21H2,(H,29,31)/t25-,26-/m1/s1. The highest BCUT2D eigenvalue weighted by atomic mass is 16.2. The number of aryl methyl sites for hydroxylation is 1. The number of likely N-dealkylation sites (tertiary alicyclic amines) is 1. The average Bonchev–Trinajstić information content (AvgIpc) is 3.33. The van der Waals surface area contributed by atoms with Gasteiger partial charge in [-0.3, -0.25) is 9.59 Å². The Balaban J connectivity index is 1.21. The lowest BCUT2D eigenvalue weighted by atomic mass is 9.88. The molecule has 1 aliphatic carbocycles. The second kappa shape index (κ2) is 11.3. The second-order valence-electron chi connectivity index (χ2n) is 9.48. The van der Waals surface area contributed by atoms with Crippen LogP contribution in [0.1, 0.15) is 49.7 Å².